The predicted molar refractivity (Wildman–Crippen MR) is 117 cm³/mol. The largest absolute Gasteiger partial charge is 0.507 e. The molecule has 0 radical (unpaired) electrons. The molecule has 0 amide bonds. The van der Waals surface area contributed by atoms with Gasteiger partial charge in [-0.2, -0.15) is 0 Å². The fourth-order valence-corrected chi connectivity index (χ4v) is 3.96. The first-order valence-corrected chi connectivity index (χ1v) is 11.4. The van der Waals surface area contributed by atoms with Gasteiger partial charge in [0.25, 0.3) is 0 Å². The van der Waals surface area contributed by atoms with Crippen molar-refractivity contribution in [3.8, 4) is 17.2 Å². The van der Waals surface area contributed by atoms with Gasteiger partial charge in [-0.3, -0.25) is 0 Å². The first kappa shape index (κ1) is 22.9. The van der Waals surface area contributed by atoms with Crippen molar-refractivity contribution < 1.29 is 15.3 Å². The summed E-state index contributed by atoms with van der Waals surface area (Å²) in [4.78, 5) is 0. The van der Waals surface area contributed by atoms with Gasteiger partial charge in [-0.15, -0.1) is 0 Å². The third-order valence-corrected chi connectivity index (χ3v) is 7.00. The summed E-state index contributed by atoms with van der Waals surface area (Å²) in [7, 11) is 0. The van der Waals surface area contributed by atoms with Crippen molar-refractivity contribution in [2.24, 2.45) is 10.8 Å². The predicted octanol–water partition coefficient (Wildman–Crippen LogP) is 7.25. The molecule has 3 heteroatoms. The fourth-order valence-electron chi connectivity index (χ4n) is 3.96. The normalized spacial score (nSPS) is 15.7. The Bertz CT molecular complexity index is 629. The molecule has 2 rings (SSSR count). The molecule has 0 unspecified atom stereocenters. The van der Waals surface area contributed by atoms with Crippen LogP contribution in [0, 0.1) is 10.8 Å². The van der Waals surface area contributed by atoms with Gasteiger partial charge in [0.15, 0.2) is 11.5 Å². The number of aryl methyl sites for hydroxylation is 1. The van der Waals surface area contributed by atoms with E-state index in [0.29, 0.717) is 22.8 Å². The summed E-state index contributed by atoms with van der Waals surface area (Å²) in [5.41, 5.74) is 2.29. The number of hydrogen-bond acceptors (Lipinski definition) is 3. The van der Waals surface area contributed by atoms with Gasteiger partial charge < -0.3 is 15.3 Å². The van der Waals surface area contributed by atoms with Crippen LogP contribution in [0.5, 0.6) is 17.2 Å². The molecule has 0 bridgehead atoms. The van der Waals surface area contributed by atoms with Crippen molar-refractivity contribution in [2.45, 2.75) is 111 Å². The molecular formula is C25H42O3. The number of benzene rings is 1. The summed E-state index contributed by atoms with van der Waals surface area (Å²) < 4.78 is 0. The molecular weight excluding hydrogens is 348 g/mol. The van der Waals surface area contributed by atoms with E-state index >= 15 is 0 Å². The standard InChI is InChI=1S/C25H42O3/c1-5-24(2,3)14-10-7-6-8-13-20-22(27)19(18-21(26)23(20)28)12-9-11-15-25(4)16-17-25/h18,26-28H,5-17H2,1-4H3. The Morgan fingerprint density at radius 2 is 1.54 bits per heavy atom. The van der Waals surface area contributed by atoms with E-state index in [1.807, 2.05) is 0 Å². The summed E-state index contributed by atoms with van der Waals surface area (Å²) in [5, 5.41) is 31.0. The zero-order valence-electron chi connectivity index (χ0n) is 18.6. The van der Waals surface area contributed by atoms with Crippen molar-refractivity contribution in [2.75, 3.05) is 0 Å². The molecule has 1 aromatic carbocycles. The van der Waals surface area contributed by atoms with E-state index in [9.17, 15) is 15.3 Å². The van der Waals surface area contributed by atoms with Crippen molar-refractivity contribution in [3.63, 3.8) is 0 Å². The molecule has 0 heterocycles. The lowest BCUT2D eigenvalue weighted by atomic mass is 9.84. The smallest absolute Gasteiger partial charge is 0.164 e. The molecule has 0 aromatic heterocycles. The van der Waals surface area contributed by atoms with Crippen LogP contribution in [0.1, 0.15) is 109 Å². The Morgan fingerprint density at radius 1 is 0.893 bits per heavy atom. The minimum absolute atomic E-state index is 0.0957. The molecule has 0 atom stereocenters. The van der Waals surface area contributed by atoms with Gasteiger partial charge in [-0.05, 0) is 73.8 Å². The Hall–Kier alpha value is -1.38. The first-order valence-electron chi connectivity index (χ1n) is 11.4. The maximum absolute atomic E-state index is 10.6. The second-order valence-electron chi connectivity index (χ2n) is 10.2. The zero-order chi connectivity index (χ0) is 20.8. The molecule has 1 fully saturated rings. The second kappa shape index (κ2) is 9.89. The van der Waals surface area contributed by atoms with Gasteiger partial charge in [-0.1, -0.05) is 59.8 Å². The topological polar surface area (TPSA) is 60.7 Å². The Morgan fingerprint density at radius 3 is 2.18 bits per heavy atom. The lowest BCUT2D eigenvalue weighted by molar-refractivity contribution is 0.307. The van der Waals surface area contributed by atoms with Crippen LogP contribution in [-0.2, 0) is 12.8 Å². The van der Waals surface area contributed by atoms with Crippen LogP contribution in [0.25, 0.3) is 0 Å². The van der Waals surface area contributed by atoms with E-state index in [1.165, 1.54) is 44.9 Å². The maximum atomic E-state index is 10.6. The third kappa shape index (κ3) is 6.90. The van der Waals surface area contributed by atoms with Crippen LogP contribution in [-0.4, -0.2) is 15.3 Å². The van der Waals surface area contributed by atoms with Crippen LogP contribution in [0.15, 0.2) is 6.07 Å². The van der Waals surface area contributed by atoms with Gasteiger partial charge in [0, 0.05) is 5.56 Å². The van der Waals surface area contributed by atoms with E-state index in [2.05, 4.69) is 27.7 Å². The second-order valence-corrected chi connectivity index (χ2v) is 10.2. The highest BCUT2D eigenvalue weighted by Gasteiger charge is 2.35. The summed E-state index contributed by atoms with van der Waals surface area (Å²) in [6.07, 6.45) is 14.4. The molecule has 1 aliphatic carbocycles. The summed E-state index contributed by atoms with van der Waals surface area (Å²) in [6, 6.07) is 1.54. The Balaban J connectivity index is 1.81. The summed E-state index contributed by atoms with van der Waals surface area (Å²) in [5.74, 6) is -0.0412. The maximum Gasteiger partial charge on any atom is 0.164 e. The van der Waals surface area contributed by atoms with E-state index < -0.39 is 0 Å². The molecule has 1 aliphatic rings. The average molecular weight is 391 g/mol. The average Bonchev–Trinajstić information content (AvgIpc) is 3.39. The molecule has 0 spiro atoms. The number of hydrogen-bond donors (Lipinski definition) is 3. The minimum atomic E-state index is -0.140. The summed E-state index contributed by atoms with van der Waals surface area (Å²) in [6.45, 7) is 9.24. The first-order chi connectivity index (χ1) is 13.2. The van der Waals surface area contributed by atoms with Crippen molar-refractivity contribution in [1.82, 2.24) is 0 Å². The van der Waals surface area contributed by atoms with Gasteiger partial charge in [0.05, 0.1) is 0 Å². The van der Waals surface area contributed by atoms with Crippen molar-refractivity contribution >= 4 is 0 Å². The molecule has 0 aliphatic heterocycles. The molecule has 1 aromatic rings. The molecule has 0 saturated heterocycles. The van der Waals surface area contributed by atoms with E-state index in [1.54, 1.807) is 6.07 Å². The zero-order valence-corrected chi connectivity index (χ0v) is 18.6. The van der Waals surface area contributed by atoms with Crippen LogP contribution >= 0.6 is 0 Å². The lowest BCUT2D eigenvalue weighted by Gasteiger charge is -2.22. The number of phenols is 3. The van der Waals surface area contributed by atoms with E-state index in [4.69, 9.17) is 0 Å². The Kier molecular flexibility index (Phi) is 8.09. The fraction of sp³-hybridized carbons (Fsp3) is 0.760. The van der Waals surface area contributed by atoms with Crippen LogP contribution in [0.2, 0.25) is 0 Å². The molecule has 28 heavy (non-hydrogen) atoms. The Labute approximate surface area is 172 Å². The lowest BCUT2D eigenvalue weighted by Crippen LogP contribution is -2.08. The third-order valence-electron chi connectivity index (χ3n) is 7.00. The number of unbranched alkanes of at least 4 members (excludes halogenated alkanes) is 4. The molecule has 160 valence electrons. The SMILES string of the molecule is CCC(C)(C)CCCCCCc1c(O)c(O)cc(CCCCC2(C)CC2)c1O. The van der Waals surface area contributed by atoms with Crippen molar-refractivity contribution in [1.29, 1.82) is 0 Å². The number of aromatic hydroxyl groups is 3. The highest BCUT2D eigenvalue weighted by atomic mass is 16.3. The van der Waals surface area contributed by atoms with E-state index in [-0.39, 0.29) is 17.2 Å². The molecule has 1 saturated carbocycles. The van der Waals surface area contributed by atoms with Gasteiger partial charge in [-0.25, -0.2) is 0 Å². The van der Waals surface area contributed by atoms with Crippen LogP contribution < -0.4 is 0 Å². The minimum Gasteiger partial charge on any atom is -0.507 e. The van der Waals surface area contributed by atoms with Crippen LogP contribution in [0.4, 0.5) is 0 Å². The van der Waals surface area contributed by atoms with Crippen LogP contribution in [0.3, 0.4) is 0 Å². The number of rotatable bonds is 13. The highest BCUT2D eigenvalue weighted by molar-refractivity contribution is 5.56. The molecule has 3 N–H and O–H groups in total. The van der Waals surface area contributed by atoms with Gasteiger partial charge in [0.2, 0.25) is 0 Å². The monoisotopic (exact) mass is 390 g/mol. The van der Waals surface area contributed by atoms with Gasteiger partial charge in [0.1, 0.15) is 5.75 Å². The van der Waals surface area contributed by atoms with E-state index in [0.717, 1.165) is 37.7 Å². The quantitative estimate of drug-likeness (QED) is 0.189. The number of phenolic OH excluding ortho intramolecular Hbond substituents is 3. The van der Waals surface area contributed by atoms with Crippen molar-refractivity contribution in [3.05, 3.63) is 17.2 Å². The van der Waals surface area contributed by atoms with Gasteiger partial charge >= 0.3 is 0 Å². The molecule has 3 nitrogen and oxygen atoms in total. The summed E-state index contributed by atoms with van der Waals surface area (Å²) >= 11 is 0. The highest BCUT2D eigenvalue weighted by Crippen LogP contribution is 2.49.